The minimum Gasteiger partial charge on any atom is -0.324 e. The molecule has 0 bridgehead atoms. The third-order valence-electron chi connectivity index (χ3n) is 5.88. The van der Waals surface area contributed by atoms with Gasteiger partial charge in [-0.05, 0) is 47.5 Å². The fourth-order valence-electron chi connectivity index (χ4n) is 4.08. The fourth-order valence-corrected chi connectivity index (χ4v) is 4.08. The molecule has 0 fully saturated rings. The molecule has 36 heavy (non-hydrogen) atoms. The standard InChI is InChI=1S/C29H21N3O4/c33-26(18-32-28(35)22-10-4-5-11-23(22)29(32)36)31-25-13-7-6-12-24(25)27(34)30-21-16-14-20(15-17-21)19-8-2-1-3-9-19/h1-17H,18H2,(H,30,34)(H,31,33). The van der Waals surface area contributed by atoms with Crippen molar-refractivity contribution in [1.29, 1.82) is 0 Å². The highest BCUT2D eigenvalue weighted by Crippen LogP contribution is 2.24. The van der Waals surface area contributed by atoms with Crippen molar-refractivity contribution in [3.05, 3.63) is 120 Å². The number of rotatable bonds is 6. The van der Waals surface area contributed by atoms with Gasteiger partial charge in [0.2, 0.25) is 5.91 Å². The Hall–Kier alpha value is -5.04. The van der Waals surface area contributed by atoms with Crippen molar-refractivity contribution in [3.63, 3.8) is 0 Å². The quantitative estimate of drug-likeness (QED) is 0.390. The molecule has 4 amide bonds. The summed E-state index contributed by atoms with van der Waals surface area (Å²) in [7, 11) is 0. The first-order valence-electron chi connectivity index (χ1n) is 11.3. The smallest absolute Gasteiger partial charge is 0.262 e. The van der Waals surface area contributed by atoms with E-state index in [-0.39, 0.29) is 22.4 Å². The molecule has 1 heterocycles. The van der Waals surface area contributed by atoms with E-state index in [1.807, 2.05) is 54.6 Å². The summed E-state index contributed by atoms with van der Waals surface area (Å²) in [6.07, 6.45) is 0. The van der Waals surface area contributed by atoms with Crippen LogP contribution < -0.4 is 10.6 Å². The topological polar surface area (TPSA) is 95.6 Å². The Morgan fingerprint density at radius 3 is 1.83 bits per heavy atom. The Kier molecular flexibility index (Phi) is 6.11. The summed E-state index contributed by atoms with van der Waals surface area (Å²) in [6.45, 7) is -0.455. The molecule has 5 rings (SSSR count). The molecule has 7 heteroatoms. The summed E-state index contributed by atoms with van der Waals surface area (Å²) in [5.41, 5.74) is 3.77. The highest BCUT2D eigenvalue weighted by atomic mass is 16.2. The van der Waals surface area contributed by atoms with E-state index in [0.717, 1.165) is 16.0 Å². The molecular weight excluding hydrogens is 454 g/mol. The normalized spacial score (nSPS) is 12.3. The predicted molar refractivity (Wildman–Crippen MR) is 137 cm³/mol. The average molecular weight is 476 g/mol. The molecule has 4 aromatic rings. The Labute approximate surface area is 207 Å². The van der Waals surface area contributed by atoms with E-state index in [1.54, 1.807) is 48.5 Å². The monoisotopic (exact) mass is 475 g/mol. The van der Waals surface area contributed by atoms with Gasteiger partial charge < -0.3 is 10.6 Å². The lowest BCUT2D eigenvalue weighted by atomic mass is 10.1. The molecule has 0 saturated heterocycles. The third-order valence-corrected chi connectivity index (χ3v) is 5.88. The summed E-state index contributed by atoms with van der Waals surface area (Å²) in [4.78, 5) is 51.7. The lowest BCUT2D eigenvalue weighted by Gasteiger charge is -2.15. The SMILES string of the molecule is O=C(CN1C(=O)c2ccccc2C1=O)Nc1ccccc1C(=O)Nc1ccc(-c2ccccc2)cc1. The maximum Gasteiger partial charge on any atom is 0.262 e. The fraction of sp³-hybridized carbons (Fsp3) is 0.0345. The lowest BCUT2D eigenvalue weighted by Crippen LogP contribution is -2.37. The first kappa shape index (κ1) is 22.7. The van der Waals surface area contributed by atoms with Crippen molar-refractivity contribution in [2.75, 3.05) is 17.2 Å². The van der Waals surface area contributed by atoms with Crippen LogP contribution in [0.5, 0.6) is 0 Å². The molecule has 7 nitrogen and oxygen atoms in total. The number of fused-ring (bicyclic) bond motifs is 1. The van der Waals surface area contributed by atoms with Crippen LogP contribution in [-0.4, -0.2) is 35.1 Å². The van der Waals surface area contributed by atoms with Gasteiger partial charge in [-0.2, -0.15) is 0 Å². The summed E-state index contributed by atoms with van der Waals surface area (Å²) < 4.78 is 0. The molecule has 0 saturated carbocycles. The van der Waals surface area contributed by atoms with E-state index in [2.05, 4.69) is 10.6 Å². The summed E-state index contributed by atoms with van der Waals surface area (Å²) in [5.74, 6) is -2.03. The van der Waals surface area contributed by atoms with Crippen LogP contribution in [0.15, 0.2) is 103 Å². The molecule has 0 spiro atoms. The summed E-state index contributed by atoms with van der Waals surface area (Å²) in [5, 5.41) is 5.50. The van der Waals surface area contributed by atoms with Gasteiger partial charge in [-0.15, -0.1) is 0 Å². The van der Waals surface area contributed by atoms with Crippen LogP contribution in [0.1, 0.15) is 31.1 Å². The number of nitrogens with zero attached hydrogens (tertiary/aromatic N) is 1. The van der Waals surface area contributed by atoms with Crippen LogP contribution in [0.3, 0.4) is 0 Å². The van der Waals surface area contributed by atoms with Gasteiger partial charge in [0.15, 0.2) is 0 Å². The third kappa shape index (κ3) is 4.50. The second-order valence-corrected chi connectivity index (χ2v) is 8.23. The Bertz CT molecular complexity index is 1450. The lowest BCUT2D eigenvalue weighted by molar-refractivity contribution is -0.116. The zero-order chi connectivity index (χ0) is 25.1. The van der Waals surface area contributed by atoms with Crippen LogP contribution >= 0.6 is 0 Å². The zero-order valence-electron chi connectivity index (χ0n) is 19.1. The van der Waals surface area contributed by atoms with Gasteiger partial charge in [-0.3, -0.25) is 24.1 Å². The van der Waals surface area contributed by atoms with Crippen LogP contribution in [0.25, 0.3) is 11.1 Å². The van der Waals surface area contributed by atoms with Crippen LogP contribution in [0.4, 0.5) is 11.4 Å². The van der Waals surface area contributed by atoms with Gasteiger partial charge in [0, 0.05) is 5.69 Å². The van der Waals surface area contributed by atoms with E-state index in [9.17, 15) is 19.2 Å². The Balaban J connectivity index is 1.27. The van der Waals surface area contributed by atoms with Gasteiger partial charge in [0.1, 0.15) is 6.54 Å². The number of imide groups is 1. The van der Waals surface area contributed by atoms with E-state index in [1.165, 1.54) is 0 Å². The molecule has 4 aromatic carbocycles. The number of hydrogen-bond donors (Lipinski definition) is 2. The van der Waals surface area contributed by atoms with Crippen molar-refractivity contribution in [1.82, 2.24) is 4.90 Å². The van der Waals surface area contributed by atoms with Crippen molar-refractivity contribution >= 4 is 35.0 Å². The Morgan fingerprint density at radius 2 is 1.17 bits per heavy atom. The number of benzene rings is 4. The number of hydrogen-bond acceptors (Lipinski definition) is 4. The first-order valence-corrected chi connectivity index (χ1v) is 11.3. The molecule has 0 unspecified atom stereocenters. The highest BCUT2D eigenvalue weighted by molar-refractivity contribution is 6.22. The number of amides is 4. The van der Waals surface area contributed by atoms with Crippen molar-refractivity contribution in [3.8, 4) is 11.1 Å². The summed E-state index contributed by atoms with van der Waals surface area (Å²) >= 11 is 0. The van der Waals surface area contributed by atoms with E-state index in [0.29, 0.717) is 5.69 Å². The summed E-state index contributed by atoms with van der Waals surface area (Å²) in [6, 6.07) is 30.3. The van der Waals surface area contributed by atoms with E-state index in [4.69, 9.17) is 0 Å². The molecule has 1 aliphatic heterocycles. The van der Waals surface area contributed by atoms with Crippen molar-refractivity contribution in [2.24, 2.45) is 0 Å². The maximum absolute atomic E-state index is 13.0. The van der Waals surface area contributed by atoms with E-state index >= 15 is 0 Å². The molecule has 0 radical (unpaired) electrons. The minimum atomic E-state index is -0.586. The molecular formula is C29H21N3O4. The van der Waals surface area contributed by atoms with Crippen LogP contribution in [0.2, 0.25) is 0 Å². The van der Waals surface area contributed by atoms with Crippen molar-refractivity contribution < 1.29 is 19.2 Å². The predicted octanol–water partition coefficient (Wildman–Crippen LogP) is 4.84. The second kappa shape index (κ2) is 9.68. The van der Waals surface area contributed by atoms with Crippen LogP contribution in [0, 0.1) is 0 Å². The molecule has 1 aliphatic rings. The zero-order valence-corrected chi connectivity index (χ0v) is 19.1. The molecule has 0 aromatic heterocycles. The largest absolute Gasteiger partial charge is 0.324 e. The van der Waals surface area contributed by atoms with Gasteiger partial charge in [-0.25, -0.2) is 0 Å². The van der Waals surface area contributed by atoms with Gasteiger partial charge in [0.25, 0.3) is 17.7 Å². The number of anilines is 2. The first-order chi connectivity index (χ1) is 17.5. The molecule has 0 atom stereocenters. The minimum absolute atomic E-state index is 0.250. The number of carbonyl (C=O) groups is 4. The maximum atomic E-state index is 13.0. The highest BCUT2D eigenvalue weighted by Gasteiger charge is 2.36. The number of para-hydroxylation sites is 1. The van der Waals surface area contributed by atoms with Gasteiger partial charge in [0.05, 0.1) is 22.4 Å². The van der Waals surface area contributed by atoms with Crippen LogP contribution in [-0.2, 0) is 4.79 Å². The molecule has 2 N–H and O–H groups in total. The van der Waals surface area contributed by atoms with Gasteiger partial charge in [-0.1, -0.05) is 66.7 Å². The molecule has 0 aliphatic carbocycles. The van der Waals surface area contributed by atoms with Gasteiger partial charge >= 0.3 is 0 Å². The van der Waals surface area contributed by atoms with Crippen molar-refractivity contribution in [2.45, 2.75) is 0 Å². The second-order valence-electron chi connectivity index (χ2n) is 8.23. The number of nitrogens with one attached hydrogen (secondary N) is 2. The Morgan fingerprint density at radius 1 is 0.611 bits per heavy atom. The average Bonchev–Trinajstić information content (AvgIpc) is 3.15. The number of carbonyl (C=O) groups excluding carboxylic acids is 4. The molecule has 176 valence electrons. The van der Waals surface area contributed by atoms with E-state index < -0.39 is 30.2 Å².